The molecule has 1 saturated heterocycles. The number of thiophene rings is 1. The van der Waals surface area contributed by atoms with Crippen molar-refractivity contribution in [2.24, 2.45) is 5.92 Å². The van der Waals surface area contributed by atoms with Crippen molar-refractivity contribution in [1.29, 1.82) is 0 Å². The van der Waals surface area contributed by atoms with E-state index in [0.717, 1.165) is 4.88 Å². The summed E-state index contributed by atoms with van der Waals surface area (Å²) in [6.07, 6.45) is 0. The highest BCUT2D eigenvalue weighted by Gasteiger charge is 2.43. The van der Waals surface area contributed by atoms with Crippen molar-refractivity contribution in [2.75, 3.05) is 5.75 Å². The molecule has 4 nitrogen and oxygen atoms in total. The molecule has 0 unspecified atom stereocenters. The average Bonchev–Trinajstić information content (AvgIpc) is 3.30. The van der Waals surface area contributed by atoms with E-state index < -0.39 is 6.04 Å². The second-order valence-electron chi connectivity index (χ2n) is 6.95. The van der Waals surface area contributed by atoms with Crippen LogP contribution in [0.15, 0.2) is 41.8 Å². The number of halogens is 1. The molecule has 1 aliphatic rings. The van der Waals surface area contributed by atoms with E-state index in [1.54, 1.807) is 52.3 Å². The van der Waals surface area contributed by atoms with Crippen molar-refractivity contribution >= 4 is 46.5 Å². The van der Waals surface area contributed by atoms with E-state index in [2.05, 4.69) is 19.2 Å². The predicted molar refractivity (Wildman–Crippen MR) is 113 cm³/mol. The van der Waals surface area contributed by atoms with Crippen molar-refractivity contribution in [3.63, 3.8) is 0 Å². The number of hydrogen-bond donors (Lipinski definition) is 1. The van der Waals surface area contributed by atoms with Gasteiger partial charge in [0.1, 0.15) is 11.4 Å². The Morgan fingerprint density at radius 1 is 1.19 bits per heavy atom. The van der Waals surface area contributed by atoms with Gasteiger partial charge in [0.15, 0.2) is 0 Å². The number of nitrogens with one attached hydrogen (secondary N) is 1. The third kappa shape index (κ3) is 4.33. The van der Waals surface area contributed by atoms with Crippen LogP contribution in [0.3, 0.4) is 0 Å². The minimum Gasteiger partial charge on any atom is -0.352 e. The summed E-state index contributed by atoms with van der Waals surface area (Å²) in [5, 5.41) is 5.27. The highest BCUT2D eigenvalue weighted by Crippen LogP contribution is 2.44. The zero-order chi connectivity index (χ0) is 19.6. The summed E-state index contributed by atoms with van der Waals surface area (Å²) in [6.45, 7) is 6.12. The van der Waals surface area contributed by atoms with Crippen LogP contribution >= 0.6 is 34.7 Å². The Hall–Kier alpha value is -1.50. The molecule has 0 aliphatic carbocycles. The van der Waals surface area contributed by atoms with Gasteiger partial charge in [-0.15, -0.1) is 23.1 Å². The molecule has 27 heavy (non-hydrogen) atoms. The third-order valence-electron chi connectivity index (χ3n) is 4.80. The van der Waals surface area contributed by atoms with Gasteiger partial charge < -0.3 is 10.2 Å². The Kier molecular flexibility index (Phi) is 6.50. The molecule has 1 aromatic heterocycles. The molecular formula is C20H23ClN2O2S2. The highest BCUT2D eigenvalue weighted by atomic mass is 35.5. The van der Waals surface area contributed by atoms with Crippen LogP contribution in [0.1, 0.15) is 41.4 Å². The fourth-order valence-corrected chi connectivity index (χ4v) is 5.48. The van der Waals surface area contributed by atoms with Crippen LogP contribution in [0, 0.1) is 5.92 Å². The number of carbonyl (C=O) groups excluding carboxylic acids is 2. The summed E-state index contributed by atoms with van der Waals surface area (Å²) in [5.74, 6) is 0.573. The molecule has 2 heterocycles. The molecule has 0 radical (unpaired) electrons. The standard InChI is InChI=1S/C20H23ClN2O2S2/c1-12(2)13(3)22-18(24)16-11-27-20(17-9-6-10-26-17)23(16)19(25)14-7-4-5-8-15(14)21/h4-10,12-13,16,20H,11H2,1-3H3,(H,22,24)/t13-,16+,20+/m0/s1. The highest BCUT2D eigenvalue weighted by molar-refractivity contribution is 7.99. The van der Waals surface area contributed by atoms with Crippen LogP contribution in [0.5, 0.6) is 0 Å². The minimum atomic E-state index is -0.521. The number of hydrogen-bond acceptors (Lipinski definition) is 4. The fraction of sp³-hybridized carbons (Fsp3) is 0.400. The predicted octanol–water partition coefficient (Wildman–Crippen LogP) is 4.82. The smallest absolute Gasteiger partial charge is 0.257 e. The summed E-state index contributed by atoms with van der Waals surface area (Å²) in [4.78, 5) is 29.1. The molecule has 1 aromatic carbocycles. The molecular weight excluding hydrogens is 400 g/mol. The van der Waals surface area contributed by atoms with E-state index in [9.17, 15) is 9.59 Å². The largest absolute Gasteiger partial charge is 0.352 e. The minimum absolute atomic E-state index is 0.0422. The Labute approximate surface area is 173 Å². The van der Waals surface area contributed by atoms with E-state index in [1.165, 1.54) is 0 Å². The summed E-state index contributed by atoms with van der Waals surface area (Å²) >= 11 is 9.49. The molecule has 0 bridgehead atoms. The molecule has 144 valence electrons. The van der Waals surface area contributed by atoms with Crippen LogP contribution in [-0.2, 0) is 4.79 Å². The van der Waals surface area contributed by atoms with Crippen molar-refractivity contribution in [2.45, 2.75) is 38.2 Å². The van der Waals surface area contributed by atoms with Crippen LogP contribution in [0.2, 0.25) is 5.02 Å². The van der Waals surface area contributed by atoms with Crippen molar-refractivity contribution in [1.82, 2.24) is 10.2 Å². The van der Waals surface area contributed by atoms with Crippen molar-refractivity contribution in [3.8, 4) is 0 Å². The monoisotopic (exact) mass is 422 g/mol. The molecule has 1 aliphatic heterocycles. The SMILES string of the molecule is CC(C)[C@H](C)NC(=O)[C@H]1CS[C@H](c2cccs2)N1C(=O)c1ccccc1Cl. The van der Waals surface area contributed by atoms with Gasteiger partial charge in [-0.1, -0.05) is 43.6 Å². The van der Waals surface area contributed by atoms with Gasteiger partial charge >= 0.3 is 0 Å². The van der Waals surface area contributed by atoms with E-state index in [1.807, 2.05) is 24.4 Å². The van der Waals surface area contributed by atoms with Gasteiger partial charge in [-0.2, -0.15) is 0 Å². The molecule has 0 spiro atoms. The van der Waals surface area contributed by atoms with Gasteiger partial charge in [0.05, 0.1) is 10.6 Å². The quantitative estimate of drug-likeness (QED) is 0.751. The van der Waals surface area contributed by atoms with Crippen LogP contribution in [0.4, 0.5) is 0 Å². The van der Waals surface area contributed by atoms with Gasteiger partial charge in [0.25, 0.3) is 5.91 Å². The van der Waals surface area contributed by atoms with Gasteiger partial charge in [0, 0.05) is 16.7 Å². The first-order valence-electron chi connectivity index (χ1n) is 8.92. The third-order valence-corrected chi connectivity index (χ3v) is 7.51. The first-order valence-corrected chi connectivity index (χ1v) is 11.2. The van der Waals surface area contributed by atoms with E-state index >= 15 is 0 Å². The molecule has 3 rings (SSSR count). The number of benzene rings is 1. The molecule has 7 heteroatoms. The summed E-state index contributed by atoms with van der Waals surface area (Å²) in [5.41, 5.74) is 0.429. The zero-order valence-electron chi connectivity index (χ0n) is 15.5. The normalized spacial score (nSPS) is 20.7. The van der Waals surface area contributed by atoms with Gasteiger partial charge in [-0.25, -0.2) is 0 Å². The molecule has 2 amide bonds. The van der Waals surface area contributed by atoms with Gasteiger partial charge in [-0.3, -0.25) is 9.59 Å². The van der Waals surface area contributed by atoms with E-state index in [-0.39, 0.29) is 23.2 Å². The Balaban J connectivity index is 1.92. The maximum Gasteiger partial charge on any atom is 0.257 e. The van der Waals surface area contributed by atoms with Crippen LogP contribution < -0.4 is 5.32 Å². The lowest BCUT2D eigenvalue weighted by Gasteiger charge is -2.30. The Morgan fingerprint density at radius 2 is 1.93 bits per heavy atom. The van der Waals surface area contributed by atoms with Gasteiger partial charge in [-0.05, 0) is 36.4 Å². The van der Waals surface area contributed by atoms with Crippen molar-refractivity contribution < 1.29 is 9.59 Å². The maximum atomic E-state index is 13.4. The van der Waals surface area contributed by atoms with Crippen molar-refractivity contribution in [3.05, 3.63) is 57.2 Å². The molecule has 3 atom stereocenters. The lowest BCUT2D eigenvalue weighted by atomic mass is 10.1. The van der Waals surface area contributed by atoms with Gasteiger partial charge in [0.2, 0.25) is 5.91 Å². The van der Waals surface area contributed by atoms with Crippen LogP contribution in [0.25, 0.3) is 0 Å². The molecule has 1 fully saturated rings. The summed E-state index contributed by atoms with van der Waals surface area (Å²) in [7, 11) is 0. The average molecular weight is 423 g/mol. The summed E-state index contributed by atoms with van der Waals surface area (Å²) in [6, 6.07) is 10.5. The first-order chi connectivity index (χ1) is 12.9. The zero-order valence-corrected chi connectivity index (χ0v) is 17.9. The van der Waals surface area contributed by atoms with E-state index in [0.29, 0.717) is 22.3 Å². The Bertz CT molecular complexity index is 810. The summed E-state index contributed by atoms with van der Waals surface area (Å²) < 4.78 is 0. The molecule has 1 N–H and O–H groups in total. The number of amides is 2. The molecule has 0 saturated carbocycles. The second-order valence-corrected chi connectivity index (χ2v) is 9.45. The number of rotatable bonds is 5. The fourth-order valence-electron chi connectivity index (χ4n) is 2.87. The molecule has 2 aromatic rings. The van der Waals surface area contributed by atoms with Crippen LogP contribution in [-0.4, -0.2) is 34.6 Å². The number of thioether (sulfide) groups is 1. The second kappa shape index (κ2) is 8.67. The number of carbonyl (C=O) groups is 2. The lowest BCUT2D eigenvalue weighted by molar-refractivity contribution is -0.125. The first kappa shape index (κ1) is 20.2. The Morgan fingerprint density at radius 3 is 2.56 bits per heavy atom. The lowest BCUT2D eigenvalue weighted by Crippen LogP contribution is -2.50. The number of nitrogens with zero attached hydrogens (tertiary/aromatic N) is 1. The maximum absolute atomic E-state index is 13.4. The van der Waals surface area contributed by atoms with E-state index in [4.69, 9.17) is 11.6 Å². The topological polar surface area (TPSA) is 49.4 Å².